The fourth-order valence-corrected chi connectivity index (χ4v) is 5.62. The van der Waals surface area contributed by atoms with Crippen LogP contribution in [-0.2, 0) is 13.2 Å². The number of para-hydroxylation sites is 1. The van der Waals surface area contributed by atoms with Gasteiger partial charge in [-0.1, -0.05) is 54.1 Å². The van der Waals surface area contributed by atoms with Gasteiger partial charge in [0, 0.05) is 24.2 Å². The summed E-state index contributed by atoms with van der Waals surface area (Å²) in [5.41, 5.74) is 9.30. The summed E-state index contributed by atoms with van der Waals surface area (Å²) in [6, 6.07) is 24.0. The lowest BCUT2D eigenvalue weighted by Crippen LogP contribution is -2.12. The molecule has 0 saturated heterocycles. The van der Waals surface area contributed by atoms with Crippen molar-refractivity contribution in [3.05, 3.63) is 142 Å². The molecule has 4 nitrogen and oxygen atoms in total. The molecule has 0 spiro atoms. The highest BCUT2D eigenvalue weighted by Gasteiger charge is 2.21. The third-order valence-corrected chi connectivity index (χ3v) is 7.94. The summed E-state index contributed by atoms with van der Waals surface area (Å²) in [4.78, 5) is 4.29. The molecule has 0 saturated carbocycles. The van der Waals surface area contributed by atoms with Crippen molar-refractivity contribution in [3.63, 3.8) is 0 Å². The van der Waals surface area contributed by atoms with E-state index in [-0.39, 0.29) is 11.6 Å². The van der Waals surface area contributed by atoms with E-state index in [2.05, 4.69) is 63.1 Å². The van der Waals surface area contributed by atoms with Crippen LogP contribution in [-0.4, -0.2) is 51.1 Å². The van der Waals surface area contributed by atoms with Crippen LogP contribution in [0, 0.1) is 18.6 Å². The lowest BCUT2D eigenvalue weighted by Gasteiger charge is -2.13. The second-order valence-corrected chi connectivity index (χ2v) is 12.1. The van der Waals surface area contributed by atoms with E-state index in [1.807, 2.05) is 48.5 Å². The Bertz CT molecular complexity index is 1650. The minimum atomic E-state index is -0.211. The second-order valence-electron chi connectivity index (χ2n) is 12.1. The highest BCUT2D eigenvalue weighted by molar-refractivity contribution is 5.86. The zero-order valence-corrected chi connectivity index (χ0v) is 26.9. The van der Waals surface area contributed by atoms with Crippen LogP contribution in [0.4, 0.5) is 8.78 Å². The maximum absolute atomic E-state index is 13.8. The largest absolute Gasteiger partial charge is 0.488 e. The Morgan fingerprint density at radius 3 is 1.67 bits per heavy atom. The van der Waals surface area contributed by atoms with Crippen molar-refractivity contribution in [2.45, 2.75) is 33.0 Å². The predicted octanol–water partition coefficient (Wildman–Crippen LogP) is 8.51. The van der Waals surface area contributed by atoms with Crippen molar-refractivity contribution in [2.24, 2.45) is 0 Å². The van der Waals surface area contributed by atoms with E-state index >= 15 is 0 Å². The van der Waals surface area contributed by atoms with E-state index in [1.54, 1.807) is 12.1 Å². The van der Waals surface area contributed by atoms with Crippen molar-refractivity contribution in [1.29, 1.82) is 0 Å². The van der Waals surface area contributed by atoms with Gasteiger partial charge in [0.2, 0.25) is 0 Å². The zero-order chi connectivity index (χ0) is 31.9. The van der Waals surface area contributed by atoms with Crippen LogP contribution in [0.15, 0.2) is 91.0 Å². The molecule has 45 heavy (non-hydrogen) atoms. The number of rotatable bonds is 6. The predicted molar refractivity (Wildman–Crippen MR) is 180 cm³/mol. The van der Waals surface area contributed by atoms with Crippen molar-refractivity contribution >= 4 is 11.1 Å². The smallest absolute Gasteiger partial charge is 0.127 e. The molecule has 0 radical (unpaired) electrons. The molecule has 2 aliphatic heterocycles. The number of ether oxygens (including phenoxy) is 2. The van der Waals surface area contributed by atoms with Crippen molar-refractivity contribution in [3.8, 4) is 11.5 Å². The first-order valence-corrected chi connectivity index (χ1v) is 15.4. The van der Waals surface area contributed by atoms with Gasteiger partial charge in [0.1, 0.15) is 36.3 Å². The normalized spacial score (nSPS) is 15.1. The van der Waals surface area contributed by atoms with Gasteiger partial charge in [0.15, 0.2) is 0 Å². The Morgan fingerprint density at radius 2 is 1.11 bits per heavy atom. The fourth-order valence-electron chi connectivity index (χ4n) is 5.62. The monoisotopic (exact) mass is 608 g/mol. The Labute approximate surface area is 266 Å². The number of fused-ring (bicyclic) bond motifs is 4. The standard InChI is InChI=1S/C20H22FNO.C19H20FNO/c1-14-6-9-20-19(11-14)17(5-4-10-22(2)3)18-12-16(21)8-7-15(18)13-23-20;1-21(2)11-5-7-16-17-6-3-4-8-19(17)22-13-14-9-10-15(20)12-18(14)16/h5-9,11-12H,4,10,13H2,1-3H3;3-4,6-10,12H,5,11,13H2,1-2H3/b17-5+;16-7-. The van der Waals surface area contributed by atoms with Gasteiger partial charge in [-0.25, -0.2) is 8.78 Å². The van der Waals surface area contributed by atoms with Gasteiger partial charge >= 0.3 is 0 Å². The summed E-state index contributed by atoms with van der Waals surface area (Å²) < 4.78 is 39.4. The highest BCUT2D eigenvalue weighted by Crippen LogP contribution is 2.39. The molecule has 0 unspecified atom stereocenters. The van der Waals surface area contributed by atoms with E-state index in [9.17, 15) is 8.78 Å². The molecule has 6 heteroatoms. The van der Waals surface area contributed by atoms with Crippen molar-refractivity contribution < 1.29 is 18.3 Å². The summed E-state index contributed by atoms with van der Waals surface area (Å²) in [5.74, 6) is 1.30. The molecule has 0 bridgehead atoms. The number of benzene rings is 4. The summed E-state index contributed by atoms with van der Waals surface area (Å²) in [5, 5.41) is 0. The minimum Gasteiger partial charge on any atom is -0.488 e. The van der Waals surface area contributed by atoms with Crippen LogP contribution < -0.4 is 9.47 Å². The Kier molecular flexibility index (Phi) is 10.5. The molecule has 0 fully saturated rings. The van der Waals surface area contributed by atoms with Gasteiger partial charge in [-0.15, -0.1) is 0 Å². The average Bonchev–Trinajstić information content (AvgIpc) is 3.25. The first-order valence-electron chi connectivity index (χ1n) is 15.4. The molecule has 2 aliphatic rings. The number of hydrogen-bond donors (Lipinski definition) is 0. The quantitative estimate of drug-likeness (QED) is 0.219. The van der Waals surface area contributed by atoms with Gasteiger partial charge < -0.3 is 19.3 Å². The lowest BCUT2D eigenvalue weighted by atomic mass is 9.92. The van der Waals surface area contributed by atoms with E-state index in [0.717, 1.165) is 82.0 Å². The molecule has 0 atom stereocenters. The maximum atomic E-state index is 13.8. The van der Waals surface area contributed by atoms with Gasteiger partial charge in [-0.2, -0.15) is 0 Å². The molecular formula is C39H42F2N2O2. The van der Waals surface area contributed by atoms with Gasteiger partial charge in [0.05, 0.1) is 0 Å². The average molecular weight is 609 g/mol. The van der Waals surface area contributed by atoms with Crippen molar-refractivity contribution in [1.82, 2.24) is 9.80 Å². The Hall–Kier alpha value is -4.26. The SMILES string of the molecule is CN(C)CC/C=C1\c2cc(F)ccc2COc2ccccc21.Cc1ccc2c(c1)/C(=C/CCN(C)C)c1cc(F)ccc1CO2. The topological polar surface area (TPSA) is 24.9 Å². The lowest BCUT2D eigenvalue weighted by molar-refractivity contribution is 0.307. The Morgan fingerprint density at radius 1 is 0.600 bits per heavy atom. The third kappa shape index (κ3) is 8.07. The van der Waals surface area contributed by atoms with Crippen LogP contribution >= 0.6 is 0 Å². The van der Waals surface area contributed by atoms with Gasteiger partial charge in [-0.3, -0.25) is 0 Å². The molecule has 0 N–H and O–H groups in total. The van der Waals surface area contributed by atoms with Crippen LogP contribution in [0.5, 0.6) is 11.5 Å². The molecule has 6 rings (SSSR count). The van der Waals surface area contributed by atoms with Crippen LogP contribution in [0.25, 0.3) is 11.1 Å². The van der Waals surface area contributed by atoms with E-state index < -0.39 is 0 Å². The molecule has 4 aromatic carbocycles. The fraction of sp³-hybridized carbons (Fsp3) is 0.282. The molecule has 0 aliphatic carbocycles. The molecule has 2 heterocycles. The first-order chi connectivity index (χ1) is 21.7. The molecule has 0 amide bonds. The highest BCUT2D eigenvalue weighted by atomic mass is 19.1. The third-order valence-electron chi connectivity index (χ3n) is 7.94. The molecule has 234 valence electrons. The summed E-state index contributed by atoms with van der Waals surface area (Å²) in [6.45, 7) is 4.91. The van der Waals surface area contributed by atoms with E-state index in [4.69, 9.17) is 9.47 Å². The minimum absolute atomic E-state index is 0.210. The van der Waals surface area contributed by atoms with Crippen molar-refractivity contribution in [2.75, 3.05) is 41.3 Å². The van der Waals surface area contributed by atoms with Gasteiger partial charge in [-0.05, 0) is 124 Å². The Balaban J connectivity index is 0.000000178. The first kappa shape index (κ1) is 32.1. The number of nitrogens with zero attached hydrogens (tertiary/aromatic N) is 2. The summed E-state index contributed by atoms with van der Waals surface area (Å²) in [7, 11) is 8.22. The number of halogens is 2. The van der Waals surface area contributed by atoms with Crippen LogP contribution in [0.2, 0.25) is 0 Å². The maximum Gasteiger partial charge on any atom is 0.127 e. The summed E-state index contributed by atoms with van der Waals surface area (Å²) >= 11 is 0. The van der Waals surface area contributed by atoms with Gasteiger partial charge in [0.25, 0.3) is 0 Å². The molecule has 0 aromatic heterocycles. The zero-order valence-electron chi connectivity index (χ0n) is 26.9. The van der Waals surface area contributed by atoms with Crippen LogP contribution in [0.3, 0.4) is 0 Å². The van der Waals surface area contributed by atoms with E-state index in [0.29, 0.717) is 13.2 Å². The van der Waals surface area contributed by atoms with E-state index in [1.165, 1.54) is 17.7 Å². The molecular weight excluding hydrogens is 566 g/mol. The number of hydrogen-bond acceptors (Lipinski definition) is 4. The van der Waals surface area contributed by atoms with Crippen LogP contribution in [0.1, 0.15) is 51.8 Å². The molecule has 4 aromatic rings. The second kappa shape index (κ2) is 14.7. The number of aryl methyl sites for hydroxylation is 1. The summed E-state index contributed by atoms with van der Waals surface area (Å²) in [6.07, 6.45) is 6.20.